The highest BCUT2D eigenvalue weighted by molar-refractivity contribution is 9.10. The van der Waals surface area contributed by atoms with Crippen LogP contribution in [0.25, 0.3) is 0 Å². The minimum Gasteiger partial charge on any atom is -0.365 e. The molecule has 3 nitrogen and oxygen atoms in total. The fourth-order valence-electron chi connectivity index (χ4n) is 1.12. The summed E-state index contributed by atoms with van der Waals surface area (Å²) < 4.78 is 0.837. The topological polar surface area (TPSA) is 37.8 Å². The number of nitrogens with zero attached hydrogens (tertiary/aromatic N) is 2. The molecule has 0 unspecified atom stereocenters. The summed E-state index contributed by atoms with van der Waals surface area (Å²) in [6.45, 7) is 8.53. The molecule has 0 bridgehead atoms. The van der Waals surface area contributed by atoms with E-state index < -0.39 is 0 Å². The molecule has 0 amide bonds. The number of rotatable bonds is 4. The monoisotopic (exact) mass is 271 g/mol. The molecule has 0 fully saturated rings. The first kappa shape index (κ1) is 12.4. The van der Waals surface area contributed by atoms with Crippen LogP contribution in [-0.4, -0.2) is 15.5 Å². The van der Waals surface area contributed by atoms with Gasteiger partial charge in [0.1, 0.15) is 16.2 Å². The van der Waals surface area contributed by atoms with E-state index in [1.807, 2.05) is 6.07 Å². The second-order valence-electron chi connectivity index (χ2n) is 4.21. The Kier molecular flexibility index (Phi) is 4.08. The summed E-state index contributed by atoms with van der Waals surface area (Å²) in [7, 11) is 0. The molecule has 0 saturated carbocycles. The number of aryl methyl sites for hydroxylation is 1. The lowest BCUT2D eigenvalue weighted by molar-refractivity contribution is 0.544. The predicted octanol–water partition coefficient (Wildman–Crippen LogP) is 3.40. The van der Waals surface area contributed by atoms with E-state index in [-0.39, 0.29) is 5.54 Å². The smallest absolute Gasteiger partial charge is 0.131 e. The Labute approximate surface area is 99.8 Å². The van der Waals surface area contributed by atoms with Crippen LogP contribution in [0.5, 0.6) is 0 Å². The molecule has 1 aromatic heterocycles. The fraction of sp³-hybridized carbons (Fsp3) is 0.636. The number of halogens is 1. The highest BCUT2D eigenvalue weighted by Crippen LogP contribution is 2.18. The molecule has 0 aliphatic heterocycles. The van der Waals surface area contributed by atoms with Gasteiger partial charge in [0, 0.05) is 18.0 Å². The Bertz CT molecular complexity index is 337. The molecule has 1 N–H and O–H groups in total. The summed E-state index contributed by atoms with van der Waals surface area (Å²) in [6.07, 6.45) is 1.90. The van der Waals surface area contributed by atoms with Crippen molar-refractivity contribution in [1.82, 2.24) is 9.97 Å². The first-order chi connectivity index (χ1) is 6.96. The summed E-state index contributed by atoms with van der Waals surface area (Å²) in [6, 6.07) is 1.91. The SMILES string of the molecule is CCc1nc(Br)cc(NC(C)(C)CC)n1. The minimum absolute atomic E-state index is 0.0683. The van der Waals surface area contributed by atoms with Gasteiger partial charge >= 0.3 is 0 Å². The quantitative estimate of drug-likeness (QED) is 0.853. The zero-order valence-corrected chi connectivity index (χ0v) is 11.3. The van der Waals surface area contributed by atoms with Crippen molar-refractivity contribution in [2.75, 3.05) is 5.32 Å². The maximum Gasteiger partial charge on any atom is 0.131 e. The van der Waals surface area contributed by atoms with Gasteiger partial charge in [0.15, 0.2) is 0 Å². The molecule has 0 aliphatic carbocycles. The molecular weight excluding hydrogens is 254 g/mol. The van der Waals surface area contributed by atoms with Gasteiger partial charge in [0.25, 0.3) is 0 Å². The van der Waals surface area contributed by atoms with E-state index >= 15 is 0 Å². The summed E-state index contributed by atoms with van der Waals surface area (Å²) in [5.41, 5.74) is 0.0683. The molecule has 84 valence electrons. The number of aromatic nitrogens is 2. The Hall–Kier alpha value is -0.640. The highest BCUT2D eigenvalue weighted by Gasteiger charge is 2.15. The van der Waals surface area contributed by atoms with Gasteiger partial charge in [-0.2, -0.15) is 0 Å². The number of anilines is 1. The van der Waals surface area contributed by atoms with E-state index in [1.165, 1.54) is 0 Å². The van der Waals surface area contributed by atoms with Gasteiger partial charge in [-0.15, -0.1) is 0 Å². The van der Waals surface area contributed by atoms with Crippen molar-refractivity contribution in [3.05, 3.63) is 16.5 Å². The van der Waals surface area contributed by atoms with Crippen LogP contribution in [0.15, 0.2) is 10.7 Å². The summed E-state index contributed by atoms with van der Waals surface area (Å²) in [5.74, 6) is 1.75. The molecule has 0 saturated heterocycles. The van der Waals surface area contributed by atoms with Crippen molar-refractivity contribution in [3.8, 4) is 0 Å². The van der Waals surface area contributed by atoms with E-state index in [0.29, 0.717) is 0 Å². The lowest BCUT2D eigenvalue weighted by atomic mass is 10.0. The van der Waals surface area contributed by atoms with Gasteiger partial charge in [0.2, 0.25) is 0 Å². The van der Waals surface area contributed by atoms with Crippen LogP contribution in [-0.2, 0) is 6.42 Å². The fourth-order valence-corrected chi connectivity index (χ4v) is 1.54. The molecule has 0 spiro atoms. The van der Waals surface area contributed by atoms with Crippen LogP contribution >= 0.6 is 15.9 Å². The third kappa shape index (κ3) is 3.78. The van der Waals surface area contributed by atoms with Crippen molar-refractivity contribution >= 4 is 21.7 Å². The van der Waals surface area contributed by atoms with E-state index in [2.05, 4.69) is 58.9 Å². The van der Waals surface area contributed by atoms with Crippen LogP contribution in [0.4, 0.5) is 5.82 Å². The second-order valence-corrected chi connectivity index (χ2v) is 5.02. The van der Waals surface area contributed by atoms with Crippen molar-refractivity contribution < 1.29 is 0 Å². The molecule has 4 heteroatoms. The van der Waals surface area contributed by atoms with Gasteiger partial charge in [-0.25, -0.2) is 9.97 Å². The maximum atomic E-state index is 4.43. The lowest BCUT2D eigenvalue weighted by Gasteiger charge is -2.25. The van der Waals surface area contributed by atoms with Crippen molar-refractivity contribution in [3.63, 3.8) is 0 Å². The molecular formula is C11H18BrN3. The molecule has 1 rings (SSSR count). The zero-order valence-electron chi connectivity index (χ0n) is 9.76. The standard InChI is InChI=1S/C11H18BrN3/c1-5-9-13-8(12)7-10(14-9)15-11(3,4)6-2/h7H,5-6H2,1-4H3,(H,13,14,15). The van der Waals surface area contributed by atoms with Crippen LogP contribution in [0.2, 0.25) is 0 Å². The van der Waals surface area contributed by atoms with Gasteiger partial charge in [-0.3, -0.25) is 0 Å². The van der Waals surface area contributed by atoms with Gasteiger partial charge in [-0.05, 0) is 36.2 Å². The molecule has 0 aromatic carbocycles. The first-order valence-electron chi connectivity index (χ1n) is 5.28. The van der Waals surface area contributed by atoms with Crippen LogP contribution < -0.4 is 5.32 Å². The van der Waals surface area contributed by atoms with Crippen molar-refractivity contribution in [2.24, 2.45) is 0 Å². The minimum atomic E-state index is 0.0683. The molecule has 15 heavy (non-hydrogen) atoms. The molecule has 1 heterocycles. The Balaban J connectivity index is 2.90. The third-order valence-electron chi connectivity index (χ3n) is 2.41. The van der Waals surface area contributed by atoms with E-state index in [0.717, 1.165) is 29.1 Å². The average molecular weight is 272 g/mol. The van der Waals surface area contributed by atoms with Crippen molar-refractivity contribution in [1.29, 1.82) is 0 Å². The first-order valence-corrected chi connectivity index (χ1v) is 6.08. The zero-order chi connectivity index (χ0) is 11.5. The van der Waals surface area contributed by atoms with Crippen molar-refractivity contribution in [2.45, 2.75) is 46.1 Å². The lowest BCUT2D eigenvalue weighted by Crippen LogP contribution is -2.30. The van der Waals surface area contributed by atoms with Crippen LogP contribution in [0.3, 0.4) is 0 Å². The molecule has 0 radical (unpaired) electrons. The van der Waals surface area contributed by atoms with Crippen LogP contribution in [0.1, 0.15) is 39.9 Å². The summed E-state index contributed by atoms with van der Waals surface area (Å²) in [5, 5.41) is 3.40. The predicted molar refractivity (Wildman–Crippen MR) is 67.1 cm³/mol. The molecule has 0 aliphatic rings. The number of hydrogen-bond acceptors (Lipinski definition) is 3. The van der Waals surface area contributed by atoms with E-state index in [1.54, 1.807) is 0 Å². The van der Waals surface area contributed by atoms with E-state index in [9.17, 15) is 0 Å². The summed E-state index contributed by atoms with van der Waals surface area (Å²) >= 11 is 3.39. The average Bonchev–Trinajstić information content (AvgIpc) is 2.16. The molecule has 0 atom stereocenters. The normalized spacial score (nSPS) is 11.5. The van der Waals surface area contributed by atoms with Gasteiger partial charge in [-0.1, -0.05) is 13.8 Å². The Morgan fingerprint density at radius 3 is 2.53 bits per heavy atom. The third-order valence-corrected chi connectivity index (χ3v) is 2.81. The summed E-state index contributed by atoms with van der Waals surface area (Å²) in [4.78, 5) is 8.71. The number of nitrogens with one attached hydrogen (secondary N) is 1. The highest BCUT2D eigenvalue weighted by atomic mass is 79.9. The van der Waals surface area contributed by atoms with Gasteiger partial charge < -0.3 is 5.32 Å². The Morgan fingerprint density at radius 2 is 2.00 bits per heavy atom. The molecule has 1 aromatic rings. The Morgan fingerprint density at radius 1 is 1.33 bits per heavy atom. The maximum absolute atomic E-state index is 4.43. The van der Waals surface area contributed by atoms with E-state index in [4.69, 9.17) is 0 Å². The largest absolute Gasteiger partial charge is 0.365 e. The second kappa shape index (κ2) is 4.92. The van der Waals surface area contributed by atoms with Gasteiger partial charge in [0.05, 0.1) is 0 Å². The number of hydrogen-bond donors (Lipinski definition) is 1. The van der Waals surface area contributed by atoms with Crippen LogP contribution in [0, 0.1) is 0 Å².